The maximum Gasteiger partial charge on any atom is 0.270 e. The molecular formula is C17H21N3O. The van der Waals surface area contributed by atoms with Crippen LogP contribution in [-0.2, 0) is 0 Å². The first kappa shape index (κ1) is 15.0. The number of nitrogens with zero attached hydrogens (tertiary/aromatic N) is 1. The first-order chi connectivity index (χ1) is 9.97. The molecule has 2 rings (SSSR count). The molecule has 0 spiro atoms. The van der Waals surface area contributed by atoms with Gasteiger partial charge in [-0.2, -0.15) is 0 Å². The van der Waals surface area contributed by atoms with Crippen LogP contribution in [0.4, 0.5) is 11.4 Å². The predicted molar refractivity (Wildman–Crippen MR) is 86.0 cm³/mol. The molecule has 0 aliphatic rings. The molecule has 2 N–H and O–H groups in total. The van der Waals surface area contributed by atoms with Gasteiger partial charge >= 0.3 is 0 Å². The molecule has 1 aromatic carbocycles. The lowest BCUT2D eigenvalue weighted by Crippen LogP contribution is -2.30. The van der Waals surface area contributed by atoms with E-state index in [1.165, 1.54) is 11.1 Å². The minimum Gasteiger partial charge on any atom is -0.354 e. The molecule has 0 saturated heterocycles. The van der Waals surface area contributed by atoms with Crippen molar-refractivity contribution in [1.29, 1.82) is 0 Å². The van der Waals surface area contributed by atoms with E-state index in [2.05, 4.69) is 35.5 Å². The van der Waals surface area contributed by atoms with Crippen LogP contribution in [0.2, 0.25) is 0 Å². The molecule has 0 radical (unpaired) electrons. The van der Waals surface area contributed by atoms with Crippen molar-refractivity contribution in [1.82, 2.24) is 10.3 Å². The summed E-state index contributed by atoms with van der Waals surface area (Å²) in [4.78, 5) is 16.0. The number of amides is 1. The SMILES string of the molecule is Cc1cccc(Nc2ccc(C(=O)NC(C)C)nc2)c1C. The van der Waals surface area contributed by atoms with Gasteiger partial charge in [0.2, 0.25) is 0 Å². The summed E-state index contributed by atoms with van der Waals surface area (Å²) in [5.41, 5.74) is 4.79. The van der Waals surface area contributed by atoms with Crippen molar-refractivity contribution in [3.63, 3.8) is 0 Å². The molecule has 4 nitrogen and oxygen atoms in total. The zero-order valence-electron chi connectivity index (χ0n) is 12.9. The molecule has 1 aromatic heterocycles. The molecule has 0 fully saturated rings. The highest BCUT2D eigenvalue weighted by molar-refractivity contribution is 5.92. The molecule has 0 saturated carbocycles. The second-order valence-corrected chi connectivity index (χ2v) is 5.43. The normalized spacial score (nSPS) is 10.5. The summed E-state index contributed by atoms with van der Waals surface area (Å²) in [5, 5.41) is 6.15. The molecule has 1 amide bonds. The fourth-order valence-corrected chi connectivity index (χ4v) is 1.98. The van der Waals surface area contributed by atoms with Crippen LogP contribution in [0, 0.1) is 13.8 Å². The summed E-state index contributed by atoms with van der Waals surface area (Å²) in [5.74, 6) is -0.150. The molecule has 0 unspecified atom stereocenters. The Morgan fingerprint density at radius 1 is 1.14 bits per heavy atom. The van der Waals surface area contributed by atoms with E-state index >= 15 is 0 Å². The number of hydrogen-bond donors (Lipinski definition) is 2. The van der Waals surface area contributed by atoms with Gasteiger partial charge in [-0.1, -0.05) is 12.1 Å². The summed E-state index contributed by atoms with van der Waals surface area (Å²) < 4.78 is 0. The highest BCUT2D eigenvalue weighted by Gasteiger charge is 2.08. The molecule has 0 bridgehead atoms. The van der Waals surface area contributed by atoms with Gasteiger partial charge in [0.25, 0.3) is 5.91 Å². The second kappa shape index (κ2) is 6.39. The number of aromatic nitrogens is 1. The number of carbonyl (C=O) groups excluding carboxylic acids is 1. The Morgan fingerprint density at radius 2 is 1.90 bits per heavy atom. The molecule has 110 valence electrons. The number of pyridine rings is 1. The summed E-state index contributed by atoms with van der Waals surface area (Å²) in [6, 6.07) is 9.82. The van der Waals surface area contributed by atoms with Crippen LogP contribution < -0.4 is 10.6 Å². The van der Waals surface area contributed by atoms with Gasteiger partial charge in [-0.3, -0.25) is 4.79 Å². The van der Waals surface area contributed by atoms with Gasteiger partial charge in [0.1, 0.15) is 5.69 Å². The molecule has 0 atom stereocenters. The van der Waals surface area contributed by atoms with Crippen molar-refractivity contribution in [2.75, 3.05) is 5.32 Å². The molecular weight excluding hydrogens is 262 g/mol. The van der Waals surface area contributed by atoms with Gasteiger partial charge in [-0.25, -0.2) is 4.98 Å². The third-order valence-electron chi connectivity index (χ3n) is 3.30. The van der Waals surface area contributed by atoms with Gasteiger partial charge in [0.05, 0.1) is 11.9 Å². The summed E-state index contributed by atoms with van der Waals surface area (Å²) in [6.07, 6.45) is 1.68. The monoisotopic (exact) mass is 283 g/mol. The van der Waals surface area contributed by atoms with Crippen LogP contribution in [0.1, 0.15) is 35.5 Å². The summed E-state index contributed by atoms with van der Waals surface area (Å²) in [6.45, 7) is 8.01. The van der Waals surface area contributed by atoms with E-state index in [1.54, 1.807) is 12.3 Å². The Balaban J connectivity index is 2.12. The minimum atomic E-state index is -0.150. The van der Waals surface area contributed by atoms with E-state index in [1.807, 2.05) is 32.0 Å². The Morgan fingerprint density at radius 3 is 2.52 bits per heavy atom. The molecule has 1 heterocycles. The van der Waals surface area contributed by atoms with E-state index in [0.717, 1.165) is 11.4 Å². The fraction of sp³-hybridized carbons (Fsp3) is 0.294. The Hall–Kier alpha value is -2.36. The van der Waals surface area contributed by atoms with Crippen molar-refractivity contribution in [3.8, 4) is 0 Å². The topological polar surface area (TPSA) is 54.0 Å². The number of rotatable bonds is 4. The van der Waals surface area contributed by atoms with Crippen molar-refractivity contribution in [2.45, 2.75) is 33.7 Å². The fourth-order valence-electron chi connectivity index (χ4n) is 1.98. The van der Waals surface area contributed by atoms with Gasteiger partial charge in [-0.05, 0) is 57.0 Å². The van der Waals surface area contributed by atoms with E-state index in [9.17, 15) is 4.79 Å². The zero-order chi connectivity index (χ0) is 15.4. The van der Waals surface area contributed by atoms with Crippen LogP contribution in [0.5, 0.6) is 0 Å². The number of hydrogen-bond acceptors (Lipinski definition) is 3. The molecule has 2 aromatic rings. The van der Waals surface area contributed by atoms with Crippen LogP contribution in [-0.4, -0.2) is 16.9 Å². The number of aryl methyl sites for hydroxylation is 1. The average Bonchev–Trinajstić information content (AvgIpc) is 2.44. The van der Waals surface area contributed by atoms with Crippen LogP contribution in [0.15, 0.2) is 36.5 Å². The third kappa shape index (κ3) is 3.81. The molecule has 0 aliphatic heterocycles. The Bertz CT molecular complexity index is 633. The van der Waals surface area contributed by atoms with Gasteiger partial charge in [0, 0.05) is 11.7 Å². The minimum absolute atomic E-state index is 0.104. The maximum atomic E-state index is 11.8. The Labute approximate surface area is 125 Å². The number of carbonyl (C=O) groups is 1. The van der Waals surface area contributed by atoms with Crippen molar-refractivity contribution in [3.05, 3.63) is 53.3 Å². The van der Waals surface area contributed by atoms with E-state index in [4.69, 9.17) is 0 Å². The maximum absolute atomic E-state index is 11.8. The van der Waals surface area contributed by atoms with Gasteiger partial charge in [-0.15, -0.1) is 0 Å². The van der Waals surface area contributed by atoms with Crippen LogP contribution >= 0.6 is 0 Å². The lowest BCUT2D eigenvalue weighted by atomic mass is 10.1. The smallest absolute Gasteiger partial charge is 0.270 e. The zero-order valence-corrected chi connectivity index (χ0v) is 12.9. The van der Waals surface area contributed by atoms with E-state index < -0.39 is 0 Å². The molecule has 21 heavy (non-hydrogen) atoms. The van der Waals surface area contributed by atoms with E-state index in [0.29, 0.717) is 5.69 Å². The summed E-state index contributed by atoms with van der Waals surface area (Å²) >= 11 is 0. The number of benzene rings is 1. The Kier molecular flexibility index (Phi) is 4.58. The predicted octanol–water partition coefficient (Wildman–Crippen LogP) is 3.58. The largest absolute Gasteiger partial charge is 0.354 e. The third-order valence-corrected chi connectivity index (χ3v) is 3.30. The lowest BCUT2D eigenvalue weighted by molar-refractivity contribution is 0.0938. The number of anilines is 2. The standard InChI is InChI=1S/C17H21N3O/c1-11(2)19-17(21)16-9-8-14(10-18-16)20-15-7-5-6-12(3)13(15)4/h5-11,20H,1-4H3,(H,19,21). The van der Waals surface area contributed by atoms with Gasteiger partial charge in [0.15, 0.2) is 0 Å². The van der Waals surface area contributed by atoms with Crippen LogP contribution in [0.25, 0.3) is 0 Å². The number of nitrogens with one attached hydrogen (secondary N) is 2. The van der Waals surface area contributed by atoms with E-state index in [-0.39, 0.29) is 11.9 Å². The second-order valence-electron chi connectivity index (χ2n) is 5.43. The average molecular weight is 283 g/mol. The molecule has 0 aliphatic carbocycles. The highest BCUT2D eigenvalue weighted by atomic mass is 16.1. The quantitative estimate of drug-likeness (QED) is 0.901. The lowest BCUT2D eigenvalue weighted by Gasteiger charge is -2.12. The van der Waals surface area contributed by atoms with Crippen molar-refractivity contribution in [2.24, 2.45) is 0 Å². The van der Waals surface area contributed by atoms with Gasteiger partial charge < -0.3 is 10.6 Å². The summed E-state index contributed by atoms with van der Waals surface area (Å²) in [7, 11) is 0. The van der Waals surface area contributed by atoms with Crippen LogP contribution in [0.3, 0.4) is 0 Å². The highest BCUT2D eigenvalue weighted by Crippen LogP contribution is 2.22. The van der Waals surface area contributed by atoms with Crippen molar-refractivity contribution >= 4 is 17.3 Å². The first-order valence-corrected chi connectivity index (χ1v) is 7.07. The van der Waals surface area contributed by atoms with Crippen molar-refractivity contribution < 1.29 is 4.79 Å². The first-order valence-electron chi connectivity index (χ1n) is 7.07. The molecule has 4 heteroatoms.